The van der Waals surface area contributed by atoms with Gasteiger partial charge >= 0.3 is 5.97 Å². The molecule has 0 aromatic carbocycles. The van der Waals surface area contributed by atoms with Crippen molar-refractivity contribution in [1.82, 2.24) is 5.32 Å². The maximum absolute atomic E-state index is 11.5. The van der Waals surface area contributed by atoms with E-state index in [1.807, 2.05) is 0 Å². The van der Waals surface area contributed by atoms with Crippen molar-refractivity contribution in [2.24, 2.45) is 11.8 Å². The lowest BCUT2D eigenvalue weighted by atomic mass is 10.3. The van der Waals surface area contributed by atoms with Gasteiger partial charge in [-0.25, -0.2) is 0 Å². The molecule has 2 rings (SSSR count). The van der Waals surface area contributed by atoms with Gasteiger partial charge in [-0.3, -0.25) is 9.59 Å². The second kappa shape index (κ2) is 3.70. The number of rotatable bonds is 5. The van der Waals surface area contributed by atoms with Gasteiger partial charge in [-0.15, -0.1) is 0 Å². The summed E-state index contributed by atoms with van der Waals surface area (Å²) in [6.07, 6.45) is 4.87. The summed E-state index contributed by atoms with van der Waals surface area (Å²) in [4.78, 5) is 22.1. The second-order valence-electron chi connectivity index (χ2n) is 4.39. The molecule has 0 radical (unpaired) electrons. The van der Waals surface area contributed by atoms with Crippen LogP contribution in [-0.4, -0.2) is 34.5 Å². The number of thioether (sulfide) groups is 1. The summed E-state index contributed by atoms with van der Waals surface area (Å²) in [6, 6.07) is 0. The molecule has 84 valence electrons. The largest absolute Gasteiger partial charge is 0.481 e. The molecule has 2 aliphatic carbocycles. The van der Waals surface area contributed by atoms with Crippen LogP contribution in [0.5, 0.6) is 0 Å². The summed E-state index contributed by atoms with van der Waals surface area (Å²) in [5.74, 6) is -1.64. The highest BCUT2D eigenvalue weighted by atomic mass is 32.2. The minimum Gasteiger partial charge on any atom is -0.481 e. The first-order valence-electron chi connectivity index (χ1n) is 5.14. The van der Waals surface area contributed by atoms with Crippen LogP contribution < -0.4 is 5.32 Å². The van der Waals surface area contributed by atoms with Crippen LogP contribution in [0.3, 0.4) is 0 Å². The van der Waals surface area contributed by atoms with Gasteiger partial charge in [0.15, 0.2) is 0 Å². The van der Waals surface area contributed by atoms with E-state index >= 15 is 0 Å². The lowest BCUT2D eigenvalue weighted by Crippen LogP contribution is -2.33. The summed E-state index contributed by atoms with van der Waals surface area (Å²) in [5, 5.41) is 11.5. The molecule has 5 heteroatoms. The van der Waals surface area contributed by atoms with Gasteiger partial charge in [0.1, 0.15) is 0 Å². The first-order valence-corrected chi connectivity index (χ1v) is 6.36. The standard InChI is InChI=1S/C10H15NO3S/c1-15-10(2-3-10)5-11-8(12)6-4-7(6)9(13)14/h6-7H,2-5H2,1H3,(H,11,12)(H,13,14)/t6-,7+/m1/s1. The quantitative estimate of drug-likeness (QED) is 0.729. The number of amides is 1. The average Bonchev–Trinajstić information content (AvgIpc) is 3.08. The molecule has 2 N–H and O–H groups in total. The van der Waals surface area contributed by atoms with Gasteiger partial charge in [-0.2, -0.15) is 11.8 Å². The maximum atomic E-state index is 11.5. The second-order valence-corrected chi connectivity index (χ2v) is 5.67. The van der Waals surface area contributed by atoms with Crippen molar-refractivity contribution in [2.75, 3.05) is 12.8 Å². The summed E-state index contributed by atoms with van der Waals surface area (Å²) in [5.41, 5.74) is 0. The summed E-state index contributed by atoms with van der Waals surface area (Å²) in [6.45, 7) is 0.690. The fourth-order valence-corrected chi connectivity index (χ4v) is 2.46. The molecule has 2 fully saturated rings. The van der Waals surface area contributed by atoms with E-state index < -0.39 is 11.9 Å². The average molecular weight is 229 g/mol. The third kappa shape index (κ3) is 2.27. The molecular formula is C10H15NO3S. The van der Waals surface area contributed by atoms with Crippen LogP contribution >= 0.6 is 11.8 Å². The number of carboxylic acids is 1. The van der Waals surface area contributed by atoms with Crippen molar-refractivity contribution < 1.29 is 14.7 Å². The van der Waals surface area contributed by atoms with E-state index in [-0.39, 0.29) is 16.6 Å². The molecule has 15 heavy (non-hydrogen) atoms. The molecule has 0 aromatic rings. The number of hydrogen-bond acceptors (Lipinski definition) is 3. The minimum absolute atomic E-state index is 0.0808. The normalized spacial score (nSPS) is 30.7. The van der Waals surface area contributed by atoms with Crippen LogP contribution in [0.15, 0.2) is 0 Å². The number of aliphatic carboxylic acids is 1. The van der Waals surface area contributed by atoms with Crippen molar-refractivity contribution in [3.8, 4) is 0 Å². The van der Waals surface area contributed by atoms with Crippen LogP contribution in [0.4, 0.5) is 0 Å². The number of hydrogen-bond donors (Lipinski definition) is 2. The van der Waals surface area contributed by atoms with E-state index in [4.69, 9.17) is 5.11 Å². The van der Waals surface area contributed by atoms with Crippen LogP contribution in [0.1, 0.15) is 19.3 Å². The monoisotopic (exact) mass is 229 g/mol. The Bertz CT molecular complexity index is 301. The number of carbonyl (C=O) groups excluding carboxylic acids is 1. The van der Waals surface area contributed by atoms with Crippen LogP contribution in [0, 0.1) is 11.8 Å². The Balaban J connectivity index is 1.73. The van der Waals surface area contributed by atoms with E-state index in [9.17, 15) is 9.59 Å². The Morgan fingerprint density at radius 1 is 1.47 bits per heavy atom. The van der Waals surface area contributed by atoms with Gasteiger partial charge in [0, 0.05) is 11.3 Å². The molecule has 0 aliphatic heterocycles. The molecule has 0 aromatic heterocycles. The van der Waals surface area contributed by atoms with Gasteiger partial charge in [-0.1, -0.05) is 0 Å². The summed E-state index contributed by atoms with van der Waals surface area (Å²) >= 11 is 1.79. The number of carboxylic acid groups (broad SMARTS) is 1. The Hall–Kier alpha value is -0.710. The van der Waals surface area contributed by atoms with Gasteiger partial charge in [0.25, 0.3) is 0 Å². The van der Waals surface area contributed by atoms with Crippen LogP contribution in [0.25, 0.3) is 0 Å². The zero-order valence-electron chi connectivity index (χ0n) is 8.66. The van der Waals surface area contributed by atoms with Gasteiger partial charge in [0.05, 0.1) is 11.8 Å². The van der Waals surface area contributed by atoms with Crippen molar-refractivity contribution in [3.63, 3.8) is 0 Å². The predicted molar refractivity (Wildman–Crippen MR) is 57.7 cm³/mol. The van der Waals surface area contributed by atoms with Crippen molar-refractivity contribution in [1.29, 1.82) is 0 Å². The van der Waals surface area contributed by atoms with Gasteiger partial charge in [0.2, 0.25) is 5.91 Å². The third-order valence-corrected chi connectivity index (χ3v) is 4.69. The first kappa shape index (κ1) is 10.8. The lowest BCUT2D eigenvalue weighted by Gasteiger charge is -2.12. The summed E-state index contributed by atoms with van der Waals surface area (Å²) < 4.78 is 0.253. The molecule has 0 unspecified atom stereocenters. The summed E-state index contributed by atoms with van der Waals surface area (Å²) in [7, 11) is 0. The van der Waals surface area contributed by atoms with E-state index in [0.29, 0.717) is 13.0 Å². The smallest absolute Gasteiger partial charge is 0.307 e. The Morgan fingerprint density at radius 3 is 2.53 bits per heavy atom. The lowest BCUT2D eigenvalue weighted by molar-refractivity contribution is -0.140. The van der Waals surface area contributed by atoms with Crippen molar-refractivity contribution in [2.45, 2.75) is 24.0 Å². The van der Waals surface area contributed by atoms with Crippen molar-refractivity contribution in [3.05, 3.63) is 0 Å². The topological polar surface area (TPSA) is 66.4 Å². The Kier molecular flexibility index (Phi) is 2.66. The van der Waals surface area contributed by atoms with E-state index in [0.717, 1.165) is 12.8 Å². The Morgan fingerprint density at radius 2 is 2.13 bits per heavy atom. The minimum atomic E-state index is -0.846. The Labute approximate surface area is 92.8 Å². The van der Waals surface area contributed by atoms with E-state index in [1.165, 1.54) is 0 Å². The molecule has 0 bridgehead atoms. The molecular weight excluding hydrogens is 214 g/mol. The zero-order chi connectivity index (χ0) is 11.1. The highest BCUT2D eigenvalue weighted by molar-refractivity contribution is 8.00. The highest BCUT2D eigenvalue weighted by Crippen LogP contribution is 2.47. The number of carbonyl (C=O) groups is 2. The SMILES string of the molecule is CSC1(CNC(=O)[C@@H]2C[C@@H]2C(=O)O)CC1. The molecule has 0 spiro atoms. The molecule has 1 amide bonds. The van der Waals surface area contributed by atoms with Crippen LogP contribution in [-0.2, 0) is 9.59 Å². The maximum Gasteiger partial charge on any atom is 0.307 e. The molecule has 2 aliphatic rings. The number of nitrogens with one attached hydrogen (secondary N) is 1. The van der Waals surface area contributed by atoms with Crippen LogP contribution in [0.2, 0.25) is 0 Å². The molecule has 2 saturated carbocycles. The van der Waals surface area contributed by atoms with E-state index in [1.54, 1.807) is 11.8 Å². The highest BCUT2D eigenvalue weighted by Gasteiger charge is 2.49. The predicted octanol–water partition coefficient (Wildman–Crippen LogP) is 0.719. The molecule has 0 saturated heterocycles. The fraction of sp³-hybridized carbons (Fsp3) is 0.800. The first-order chi connectivity index (χ1) is 7.08. The zero-order valence-corrected chi connectivity index (χ0v) is 9.47. The third-order valence-electron chi connectivity index (χ3n) is 3.27. The molecule has 0 heterocycles. The molecule has 4 nitrogen and oxygen atoms in total. The van der Waals surface area contributed by atoms with Crippen molar-refractivity contribution >= 4 is 23.6 Å². The van der Waals surface area contributed by atoms with Gasteiger partial charge in [-0.05, 0) is 25.5 Å². The molecule has 2 atom stereocenters. The van der Waals surface area contributed by atoms with E-state index in [2.05, 4.69) is 11.6 Å². The van der Waals surface area contributed by atoms with Gasteiger partial charge < -0.3 is 10.4 Å². The fourth-order valence-electron chi connectivity index (χ4n) is 1.73.